The van der Waals surface area contributed by atoms with Crippen molar-refractivity contribution in [2.75, 3.05) is 6.61 Å². The van der Waals surface area contributed by atoms with E-state index in [2.05, 4.69) is 28.9 Å². The molecule has 1 aliphatic carbocycles. The molecule has 33 heavy (non-hydrogen) atoms. The highest BCUT2D eigenvalue weighted by molar-refractivity contribution is 7.99. The molecule has 0 radical (unpaired) electrons. The SMILES string of the molecule is CCCn1cc(-n2c(C3CC3)c(Sc3cccc(C(=O)OCC)c3)c3ccc(Cl)cc32)cn1. The number of esters is 1. The molecule has 170 valence electrons. The molecule has 2 aromatic carbocycles. The molecule has 1 aliphatic rings. The quantitative estimate of drug-likeness (QED) is 0.253. The number of aromatic nitrogens is 3. The number of fused-ring (bicyclic) bond motifs is 1. The van der Waals surface area contributed by atoms with Crippen LogP contribution in [-0.2, 0) is 11.3 Å². The van der Waals surface area contributed by atoms with Crippen LogP contribution in [0.5, 0.6) is 0 Å². The second kappa shape index (κ2) is 9.27. The number of benzene rings is 2. The molecule has 7 heteroatoms. The van der Waals surface area contributed by atoms with Crippen molar-refractivity contribution in [2.24, 2.45) is 0 Å². The van der Waals surface area contributed by atoms with Gasteiger partial charge in [-0.05, 0) is 56.5 Å². The van der Waals surface area contributed by atoms with Crippen molar-refractivity contribution in [3.8, 4) is 5.69 Å². The van der Waals surface area contributed by atoms with Gasteiger partial charge < -0.3 is 9.30 Å². The van der Waals surface area contributed by atoms with E-state index in [1.54, 1.807) is 17.8 Å². The average Bonchev–Trinajstić information content (AvgIpc) is 3.47. The second-order valence-electron chi connectivity index (χ2n) is 8.30. The zero-order valence-corrected chi connectivity index (χ0v) is 20.3. The molecule has 0 N–H and O–H groups in total. The number of hydrogen-bond donors (Lipinski definition) is 0. The largest absolute Gasteiger partial charge is 0.462 e. The maximum absolute atomic E-state index is 12.3. The minimum absolute atomic E-state index is 0.292. The van der Waals surface area contributed by atoms with Gasteiger partial charge in [0.05, 0.1) is 29.6 Å². The Labute approximate surface area is 202 Å². The topological polar surface area (TPSA) is 49.0 Å². The van der Waals surface area contributed by atoms with Crippen LogP contribution >= 0.6 is 23.4 Å². The van der Waals surface area contributed by atoms with E-state index in [4.69, 9.17) is 16.3 Å². The third-order valence-electron chi connectivity index (χ3n) is 5.78. The van der Waals surface area contributed by atoms with Crippen LogP contribution in [-0.4, -0.2) is 26.9 Å². The van der Waals surface area contributed by atoms with E-state index < -0.39 is 0 Å². The molecule has 5 rings (SSSR count). The predicted octanol–water partition coefficient (Wildman–Crippen LogP) is 7.10. The predicted molar refractivity (Wildman–Crippen MR) is 133 cm³/mol. The van der Waals surface area contributed by atoms with Gasteiger partial charge in [0.2, 0.25) is 0 Å². The van der Waals surface area contributed by atoms with Gasteiger partial charge in [-0.15, -0.1) is 0 Å². The second-order valence-corrected chi connectivity index (χ2v) is 9.82. The van der Waals surface area contributed by atoms with Gasteiger partial charge in [-0.1, -0.05) is 42.4 Å². The molecular weight excluding hydrogens is 454 g/mol. The number of aryl methyl sites for hydroxylation is 1. The number of halogens is 1. The molecular formula is C26H26ClN3O2S. The van der Waals surface area contributed by atoms with Gasteiger partial charge in [0.1, 0.15) is 0 Å². The van der Waals surface area contributed by atoms with Crippen LogP contribution in [0.4, 0.5) is 0 Å². The standard InChI is InChI=1S/C26H26ClN3O2S/c1-3-12-29-16-20(15-28-29)30-23-14-19(27)10-11-22(23)25(24(30)17-8-9-17)33-21-7-5-6-18(13-21)26(31)32-4-2/h5-7,10-11,13-17H,3-4,8-9,12H2,1-2H3. The number of carbonyl (C=O) groups excluding carboxylic acids is 1. The van der Waals surface area contributed by atoms with Crippen molar-refractivity contribution in [1.82, 2.24) is 14.3 Å². The molecule has 0 spiro atoms. The zero-order valence-electron chi connectivity index (χ0n) is 18.8. The third-order valence-corrected chi connectivity index (χ3v) is 7.14. The molecule has 1 saturated carbocycles. The van der Waals surface area contributed by atoms with Crippen LogP contribution < -0.4 is 0 Å². The monoisotopic (exact) mass is 479 g/mol. The first kappa shape index (κ1) is 22.1. The third kappa shape index (κ3) is 4.42. The van der Waals surface area contributed by atoms with Crippen molar-refractivity contribution in [1.29, 1.82) is 0 Å². The molecule has 2 aromatic heterocycles. The van der Waals surface area contributed by atoms with E-state index in [-0.39, 0.29) is 5.97 Å². The van der Waals surface area contributed by atoms with Crippen LogP contribution in [0.25, 0.3) is 16.6 Å². The van der Waals surface area contributed by atoms with Gasteiger partial charge in [0.15, 0.2) is 0 Å². The first-order valence-corrected chi connectivity index (χ1v) is 12.6. The number of rotatable bonds is 8. The molecule has 0 aliphatic heterocycles. The highest BCUT2D eigenvalue weighted by Gasteiger charge is 2.33. The highest BCUT2D eigenvalue weighted by atomic mass is 35.5. The summed E-state index contributed by atoms with van der Waals surface area (Å²) < 4.78 is 9.52. The van der Waals surface area contributed by atoms with Gasteiger partial charge in [0, 0.05) is 44.6 Å². The number of nitrogens with zero attached hydrogens (tertiary/aromatic N) is 3. The van der Waals surface area contributed by atoms with E-state index in [0.717, 1.165) is 34.5 Å². The van der Waals surface area contributed by atoms with Gasteiger partial charge in [-0.3, -0.25) is 4.68 Å². The Balaban J connectivity index is 1.64. The van der Waals surface area contributed by atoms with E-state index in [9.17, 15) is 4.79 Å². The fourth-order valence-corrected chi connectivity index (χ4v) is 5.58. The summed E-state index contributed by atoms with van der Waals surface area (Å²) in [6.45, 7) is 5.23. The summed E-state index contributed by atoms with van der Waals surface area (Å²) in [6, 6.07) is 13.8. The molecule has 0 unspecified atom stereocenters. The molecule has 0 amide bonds. The maximum Gasteiger partial charge on any atom is 0.338 e. The number of hydrogen-bond acceptors (Lipinski definition) is 4. The molecule has 5 nitrogen and oxygen atoms in total. The lowest BCUT2D eigenvalue weighted by atomic mass is 10.2. The normalized spacial score (nSPS) is 13.5. The molecule has 0 saturated heterocycles. The lowest BCUT2D eigenvalue weighted by Crippen LogP contribution is -2.04. The van der Waals surface area contributed by atoms with Crippen molar-refractivity contribution < 1.29 is 9.53 Å². The van der Waals surface area contributed by atoms with Gasteiger partial charge in [0.25, 0.3) is 0 Å². The molecule has 4 aromatic rings. The van der Waals surface area contributed by atoms with Crippen molar-refractivity contribution in [3.05, 3.63) is 71.1 Å². The average molecular weight is 480 g/mol. The number of ether oxygens (including phenoxy) is 1. The Morgan fingerprint density at radius 2 is 2.06 bits per heavy atom. The molecule has 1 fully saturated rings. The van der Waals surface area contributed by atoms with Crippen LogP contribution in [0.1, 0.15) is 55.1 Å². The Bertz CT molecular complexity index is 1320. The summed E-state index contributed by atoms with van der Waals surface area (Å²) in [5.74, 6) is 0.210. The van der Waals surface area contributed by atoms with E-state index in [1.165, 1.54) is 23.4 Å². The molecule has 2 heterocycles. The highest BCUT2D eigenvalue weighted by Crippen LogP contribution is 2.50. The Morgan fingerprint density at radius 1 is 1.21 bits per heavy atom. The summed E-state index contributed by atoms with van der Waals surface area (Å²) >= 11 is 8.14. The van der Waals surface area contributed by atoms with Gasteiger partial charge in [-0.25, -0.2) is 4.79 Å². The Hall–Kier alpha value is -2.70. The summed E-state index contributed by atoms with van der Waals surface area (Å²) in [6.07, 6.45) is 7.43. The smallest absolute Gasteiger partial charge is 0.338 e. The van der Waals surface area contributed by atoms with Crippen molar-refractivity contribution in [3.63, 3.8) is 0 Å². The van der Waals surface area contributed by atoms with E-state index in [0.29, 0.717) is 23.1 Å². The summed E-state index contributed by atoms with van der Waals surface area (Å²) in [5, 5.41) is 6.46. The first-order chi connectivity index (χ1) is 16.1. The summed E-state index contributed by atoms with van der Waals surface area (Å²) in [5.41, 5.74) is 4.02. The molecule has 0 bridgehead atoms. The van der Waals surface area contributed by atoms with Crippen LogP contribution in [0.3, 0.4) is 0 Å². The minimum atomic E-state index is -0.292. The van der Waals surface area contributed by atoms with E-state index >= 15 is 0 Å². The number of carbonyl (C=O) groups is 1. The fraction of sp³-hybridized carbons (Fsp3) is 0.308. The molecule has 0 atom stereocenters. The lowest BCUT2D eigenvalue weighted by molar-refractivity contribution is 0.0526. The first-order valence-electron chi connectivity index (χ1n) is 11.4. The van der Waals surface area contributed by atoms with Gasteiger partial charge >= 0.3 is 5.97 Å². The summed E-state index contributed by atoms with van der Waals surface area (Å²) in [4.78, 5) is 14.5. The minimum Gasteiger partial charge on any atom is -0.462 e. The van der Waals surface area contributed by atoms with Crippen molar-refractivity contribution in [2.45, 2.75) is 55.4 Å². The van der Waals surface area contributed by atoms with Crippen LogP contribution in [0.2, 0.25) is 5.02 Å². The maximum atomic E-state index is 12.3. The lowest BCUT2D eigenvalue weighted by Gasteiger charge is -2.10. The zero-order chi connectivity index (χ0) is 22.9. The Kier molecular flexibility index (Phi) is 6.21. The summed E-state index contributed by atoms with van der Waals surface area (Å²) in [7, 11) is 0. The van der Waals surface area contributed by atoms with Crippen LogP contribution in [0, 0.1) is 0 Å². The fourth-order valence-electron chi connectivity index (χ4n) is 4.20. The van der Waals surface area contributed by atoms with Crippen LogP contribution in [0.15, 0.2) is 64.6 Å². The Morgan fingerprint density at radius 3 is 2.82 bits per heavy atom. The van der Waals surface area contributed by atoms with Gasteiger partial charge in [-0.2, -0.15) is 5.10 Å². The van der Waals surface area contributed by atoms with E-state index in [1.807, 2.05) is 48.1 Å². The van der Waals surface area contributed by atoms with Crippen molar-refractivity contribution >= 4 is 40.2 Å².